The summed E-state index contributed by atoms with van der Waals surface area (Å²) in [6.07, 6.45) is 4.26. The first kappa shape index (κ1) is 11.0. The fourth-order valence-electron chi connectivity index (χ4n) is 2.00. The van der Waals surface area contributed by atoms with Crippen LogP contribution in [0.15, 0.2) is 35.2 Å². The average Bonchev–Trinajstić information content (AvgIpc) is 2.23. The molecule has 0 bridgehead atoms. The van der Waals surface area contributed by atoms with Gasteiger partial charge in [0.2, 0.25) is 0 Å². The van der Waals surface area contributed by atoms with E-state index in [1.54, 1.807) is 0 Å². The maximum atomic E-state index is 3.45. The van der Waals surface area contributed by atoms with Crippen LogP contribution in [0.25, 0.3) is 0 Å². The second kappa shape index (κ2) is 5.57. The molecule has 1 nitrogen and oxygen atoms in total. The topological polar surface area (TPSA) is 12.0 Å². The zero-order chi connectivity index (χ0) is 10.5. The van der Waals surface area contributed by atoms with E-state index in [1.165, 1.54) is 29.9 Å². The third kappa shape index (κ3) is 2.99. The summed E-state index contributed by atoms with van der Waals surface area (Å²) in [6.45, 7) is 0. The fraction of sp³-hybridized carbons (Fsp3) is 0.538. The van der Waals surface area contributed by atoms with Gasteiger partial charge in [0.1, 0.15) is 0 Å². The van der Waals surface area contributed by atoms with Crippen molar-refractivity contribution in [1.29, 1.82) is 0 Å². The number of thioether (sulfide) groups is 1. The smallest absolute Gasteiger partial charge is 0.0186 e. The van der Waals surface area contributed by atoms with Crippen LogP contribution in [0.4, 0.5) is 0 Å². The Morgan fingerprint density at radius 1 is 1.33 bits per heavy atom. The summed E-state index contributed by atoms with van der Waals surface area (Å²) in [5, 5.41) is 3.45. The van der Waals surface area contributed by atoms with E-state index < -0.39 is 0 Å². The molecular weight excluding hydrogens is 202 g/mol. The molecule has 0 spiro atoms. The molecule has 2 heteroatoms. The van der Waals surface area contributed by atoms with Crippen LogP contribution in [0.5, 0.6) is 0 Å². The Bertz CT molecular complexity index is 282. The molecule has 1 aliphatic rings. The van der Waals surface area contributed by atoms with Gasteiger partial charge >= 0.3 is 0 Å². The number of benzene rings is 1. The van der Waals surface area contributed by atoms with Crippen LogP contribution in [-0.2, 0) is 0 Å². The normalized spacial score (nSPS) is 18.5. The lowest BCUT2D eigenvalue weighted by Crippen LogP contribution is -2.39. The molecule has 1 saturated carbocycles. The Morgan fingerprint density at radius 3 is 2.60 bits per heavy atom. The first-order chi connectivity index (χ1) is 7.40. The van der Waals surface area contributed by atoms with Gasteiger partial charge in [-0.15, -0.1) is 11.8 Å². The molecule has 15 heavy (non-hydrogen) atoms. The van der Waals surface area contributed by atoms with Crippen molar-refractivity contribution >= 4 is 11.8 Å². The van der Waals surface area contributed by atoms with E-state index in [2.05, 4.69) is 42.7 Å². The van der Waals surface area contributed by atoms with E-state index in [-0.39, 0.29) is 0 Å². The van der Waals surface area contributed by atoms with Crippen molar-refractivity contribution in [1.82, 2.24) is 5.32 Å². The van der Waals surface area contributed by atoms with Gasteiger partial charge in [-0.3, -0.25) is 0 Å². The van der Waals surface area contributed by atoms with Crippen molar-refractivity contribution in [2.75, 3.05) is 12.8 Å². The number of rotatable bonds is 5. The van der Waals surface area contributed by atoms with Crippen LogP contribution < -0.4 is 5.32 Å². The lowest BCUT2D eigenvalue weighted by molar-refractivity contribution is 0.252. The predicted octanol–water partition coefficient (Wildman–Crippen LogP) is 3.17. The summed E-state index contributed by atoms with van der Waals surface area (Å²) in [4.78, 5) is 1.39. The predicted molar refractivity (Wildman–Crippen MR) is 67.4 cm³/mol. The molecule has 1 fully saturated rings. The van der Waals surface area contributed by atoms with Gasteiger partial charge in [0.25, 0.3) is 0 Å². The lowest BCUT2D eigenvalue weighted by atomic mass is 9.80. The third-order valence-corrected chi connectivity index (χ3v) is 4.39. The van der Waals surface area contributed by atoms with E-state index in [4.69, 9.17) is 0 Å². The van der Waals surface area contributed by atoms with Gasteiger partial charge in [-0.05, 0) is 37.9 Å². The molecule has 82 valence electrons. The summed E-state index contributed by atoms with van der Waals surface area (Å²) in [6, 6.07) is 11.4. The summed E-state index contributed by atoms with van der Waals surface area (Å²) in [5.74, 6) is 2.12. The number of hydrogen-bond acceptors (Lipinski definition) is 2. The Hall–Kier alpha value is -0.470. The van der Waals surface area contributed by atoms with E-state index in [1.807, 2.05) is 11.8 Å². The van der Waals surface area contributed by atoms with Crippen LogP contribution in [0.3, 0.4) is 0 Å². The summed E-state index contributed by atoms with van der Waals surface area (Å²) in [5.41, 5.74) is 0. The van der Waals surface area contributed by atoms with Gasteiger partial charge in [0, 0.05) is 16.7 Å². The molecule has 1 N–H and O–H groups in total. The van der Waals surface area contributed by atoms with Crippen molar-refractivity contribution in [3.63, 3.8) is 0 Å². The molecule has 1 aliphatic carbocycles. The molecule has 0 saturated heterocycles. The van der Waals surface area contributed by atoms with Gasteiger partial charge < -0.3 is 5.32 Å². The van der Waals surface area contributed by atoms with Gasteiger partial charge in [-0.25, -0.2) is 0 Å². The molecule has 2 rings (SSSR count). The Labute approximate surface area is 96.7 Å². The Balaban J connectivity index is 1.80. The van der Waals surface area contributed by atoms with Gasteiger partial charge in [-0.2, -0.15) is 0 Å². The molecular formula is C13H19NS. The van der Waals surface area contributed by atoms with Crippen LogP contribution >= 0.6 is 11.8 Å². The minimum atomic E-state index is 0.698. The van der Waals surface area contributed by atoms with Gasteiger partial charge in [0.05, 0.1) is 0 Å². The van der Waals surface area contributed by atoms with Gasteiger partial charge in [-0.1, -0.05) is 24.6 Å². The average molecular weight is 221 g/mol. The molecule has 0 aliphatic heterocycles. The highest BCUT2D eigenvalue weighted by Gasteiger charge is 2.25. The monoisotopic (exact) mass is 221 g/mol. The summed E-state index contributed by atoms with van der Waals surface area (Å²) >= 11 is 1.97. The quantitative estimate of drug-likeness (QED) is 0.767. The van der Waals surface area contributed by atoms with E-state index >= 15 is 0 Å². The van der Waals surface area contributed by atoms with Crippen LogP contribution in [0.2, 0.25) is 0 Å². The highest BCUT2D eigenvalue weighted by molar-refractivity contribution is 7.99. The Morgan fingerprint density at radius 2 is 2.07 bits per heavy atom. The van der Waals surface area contributed by atoms with Crippen molar-refractivity contribution in [2.24, 2.45) is 5.92 Å². The standard InChI is InChI=1S/C13H19NS/c1-14-13(11-6-5-7-11)10-15-12-8-3-2-4-9-12/h2-4,8-9,11,13-14H,5-7,10H2,1H3. The minimum absolute atomic E-state index is 0.698. The van der Waals surface area contributed by atoms with Crippen molar-refractivity contribution in [2.45, 2.75) is 30.2 Å². The molecule has 1 aromatic carbocycles. The van der Waals surface area contributed by atoms with E-state index in [0.717, 1.165) is 5.92 Å². The molecule has 0 radical (unpaired) electrons. The zero-order valence-electron chi connectivity index (χ0n) is 9.28. The highest BCUT2D eigenvalue weighted by Crippen LogP contribution is 2.32. The largest absolute Gasteiger partial charge is 0.316 e. The maximum Gasteiger partial charge on any atom is 0.0186 e. The maximum absolute atomic E-state index is 3.45. The molecule has 1 atom stereocenters. The molecule has 1 unspecified atom stereocenters. The van der Waals surface area contributed by atoms with E-state index in [9.17, 15) is 0 Å². The zero-order valence-corrected chi connectivity index (χ0v) is 10.1. The molecule has 0 amide bonds. The third-order valence-electron chi connectivity index (χ3n) is 3.26. The van der Waals surface area contributed by atoms with Crippen LogP contribution in [0.1, 0.15) is 19.3 Å². The molecule has 1 aromatic rings. The van der Waals surface area contributed by atoms with Crippen LogP contribution in [-0.4, -0.2) is 18.8 Å². The molecule has 0 heterocycles. The summed E-state index contributed by atoms with van der Waals surface area (Å²) < 4.78 is 0. The fourth-order valence-corrected chi connectivity index (χ4v) is 3.16. The van der Waals surface area contributed by atoms with Gasteiger partial charge in [0.15, 0.2) is 0 Å². The second-order valence-corrected chi connectivity index (χ2v) is 5.30. The van der Waals surface area contributed by atoms with Crippen molar-refractivity contribution < 1.29 is 0 Å². The van der Waals surface area contributed by atoms with E-state index in [0.29, 0.717) is 6.04 Å². The van der Waals surface area contributed by atoms with Crippen LogP contribution in [0, 0.1) is 5.92 Å². The highest BCUT2D eigenvalue weighted by atomic mass is 32.2. The number of hydrogen-bond donors (Lipinski definition) is 1. The first-order valence-corrected chi connectivity index (χ1v) is 6.74. The van der Waals surface area contributed by atoms with Crippen molar-refractivity contribution in [3.05, 3.63) is 30.3 Å². The number of nitrogens with one attached hydrogen (secondary N) is 1. The second-order valence-electron chi connectivity index (χ2n) is 4.21. The Kier molecular flexibility index (Phi) is 4.09. The van der Waals surface area contributed by atoms with Crippen molar-refractivity contribution in [3.8, 4) is 0 Å². The minimum Gasteiger partial charge on any atom is -0.316 e. The summed E-state index contributed by atoms with van der Waals surface area (Å²) in [7, 11) is 2.09. The SMILES string of the molecule is CNC(CSc1ccccc1)C1CCC1. The molecule has 0 aromatic heterocycles. The lowest BCUT2D eigenvalue weighted by Gasteiger charge is -2.33. The first-order valence-electron chi connectivity index (χ1n) is 5.75.